The molecule has 0 aliphatic carbocycles. The molecule has 0 amide bonds. The first kappa shape index (κ1) is 9.29. The Labute approximate surface area is 78.9 Å². The lowest BCUT2D eigenvalue weighted by molar-refractivity contribution is 0.0690. The Kier molecular flexibility index (Phi) is 2.55. The van der Waals surface area contributed by atoms with Crippen LogP contribution in [0.1, 0.15) is 16.2 Å². The summed E-state index contributed by atoms with van der Waals surface area (Å²) in [5.41, 5.74) is 0.323. The van der Waals surface area contributed by atoms with Gasteiger partial charge in [0.15, 0.2) is 0 Å². The minimum Gasteiger partial charge on any atom is -0.477 e. The lowest BCUT2D eigenvalue weighted by Gasteiger charge is -2.00. The fourth-order valence-electron chi connectivity index (χ4n) is 0.728. The van der Waals surface area contributed by atoms with Crippen LogP contribution in [0.25, 0.3) is 0 Å². The van der Waals surface area contributed by atoms with E-state index in [0.29, 0.717) is 10.7 Å². The van der Waals surface area contributed by atoms with Gasteiger partial charge < -0.3 is 5.11 Å². The van der Waals surface area contributed by atoms with Crippen LogP contribution in [0.3, 0.4) is 0 Å². The molecule has 0 fully saturated rings. The molecule has 1 aromatic rings. The topological polar surface area (TPSA) is 50.2 Å². The summed E-state index contributed by atoms with van der Waals surface area (Å²) in [4.78, 5) is 14.2. The maximum Gasteiger partial charge on any atom is 0.354 e. The summed E-state index contributed by atoms with van der Waals surface area (Å²) in [5, 5.41) is 9.06. The molecule has 1 aromatic heterocycles. The molecule has 0 bridgehead atoms. The highest BCUT2D eigenvalue weighted by Gasteiger charge is 2.10. The van der Waals surface area contributed by atoms with Gasteiger partial charge in [-0.2, -0.15) is 0 Å². The number of carboxylic acid groups (broad SMARTS) is 1. The number of aromatic nitrogens is 1. The summed E-state index contributed by atoms with van der Waals surface area (Å²) in [6, 6.07) is 1.22. The number of hydrogen-bond acceptors (Lipinski definition) is 2. The van der Waals surface area contributed by atoms with E-state index in [4.69, 9.17) is 28.3 Å². The maximum atomic E-state index is 10.5. The van der Waals surface area contributed by atoms with Crippen LogP contribution in [0, 0.1) is 6.92 Å². The van der Waals surface area contributed by atoms with Gasteiger partial charge in [-0.05, 0) is 13.0 Å². The van der Waals surface area contributed by atoms with E-state index in [1.54, 1.807) is 6.92 Å². The van der Waals surface area contributed by atoms with Crippen molar-refractivity contribution in [1.82, 2.24) is 4.98 Å². The van der Waals surface area contributed by atoms with E-state index in [1.165, 1.54) is 6.07 Å². The molecular formula is C7H5Cl2NO2. The van der Waals surface area contributed by atoms with Crippen LogP contribution in [0.15, 0.2) is 6.07 Å². The molecule has 0 saturated heterocycles. The first-order chi connectivity index (χ1) is 5.52. The summed E-state index contributed by atoms with van der Waals surface area (Å²) >= 11 is 11.3. The first-order valence-electron chi connectivity index (χ1n) is 3.08. The van der Waals surface area contributed by atoms with E-state index in [2.05, 4.69) is 4.98 Å². The fraction of sp³-hybridized carbons (Fsp3) is 0.143. The minimum absolute atomic E-state index is 0.0955. The predicted octanol–water partition coefficient (Wildman–Crippen LogP) is 2.40. The number of carboxylic acids is 1. The molecule has 0 radical (unpaired) electrons. The Morgan fingerprint density at radius 1 is 1.58 bits per heavy atom. The quantitative estimate of drug-likeness (QED) is 0.767. The Morgan fingerprint density at radius 2 is 2.17 bits per heavy atom. The van der Waals surface area contributed by atoms with Crippen molar-refractivity contribution in [3.63, 3.8) is 0 Å². The molecule has 0 saturated carbocycles. The molecule has 3 nitrogen and oxygen atoms in total. The zero-order valence-electron chi connectivity index (χ0n) is 6.14. The van der Waals surface area contributed by atoms with E-state index >= 15 is 0 Å². The highest BCUT2D eigenvalue weighted by molar-refractivity contribution is 6.42. The smallest absolute Gasteiger partial charge is 0.354 e. The molecule has 0 aliphatic heterocycles. The summed E-state index contributed by atoms with van der Waals surface area (Å²) in [5.74, 6) is -1.11. The number of aryl methyl sites for hydroxylation is 1. The van der Waals surface area contributed by atoms with E-state index < -0.39 is 5.97 Å². The van der Waals surface area contributed by atoms with Gasteiger partial charge in [-0.25, -0.2) is 9.78 Å². The monoisotopic (exact) mass is 205 g/mol. The second kappa shape index (κ2) is 3.29. The number of pyridine rings is 1. The number of rotatable bonds is 1. The van der Waals surface area contributed by atoms with E-state index in [9.17, 15) is 4.79 Å². The SMILES string of the molecule is Cc1nc(C(=O)O)cc(Cl)c1Cl. The Bertz CT molecular complexity index is 315. The number of halogens is 2. The van der Waals surface area contributed by atoms with Crippen LogP contribution >= 0.6 is 23.2 Å². The summed E-state index contributed by atoms with van der Waals surface area (Å²) in [6.07, 6.45) is 0. The average molecular weight is 206 g/mol. The molecule has 12 heavy (non-hydrogen) atoms. The van der Waals surface area contributed by atoms with Gasteiger partial charge in [-0.1, -0.05) is 23.2 Å². The molecule has 0 atom stereocenters. The van der Waals surface area contributed by atoms with Crippen molar-refractivity contribution in [3.8, 4) is 0 Å². The van der Waals surface area contributed by atoms with Crippen molar-refractivity contribution >= 4 is 29.2 Å². The lowest BCUT2D eigenvalue weighted by Crippen LogP contribution is -2.01. The van der Waals surface area contributed by atoms with Crippen molar-refractivity contribution in [2.45, 2.75) is 6.92 Å². The van der Waals surface area contributed by atoms with Gasteiger partial charge in [0, 0.05) is 0 Å². The predicted molar refractivity (Wildman–Crippen MR) is 46.0 cm³/mol. The van der Waals surface area contributed by atoms with Crippen molar-refractivity contribution < 1.29 is 9.90 Å². The van der Waals surface area contributed by atoms with E-state index in [0.717, 1.165) is 0 Å². The molecule has 0 spiro atoms. The first-order valence-corrected chi connectivity index (χ1v) is 3.84. The lowest BCUT2D eigenvalue weighted by atomic mass is 10.3. The standard InChI is InChI=1S/C7H5Cl2NO2/c1-3-6(9)4(8)2-5(10-3)7(11)12/h2H,1H3,(H,11,12). The molecule has 1 N–H and O–H groups in total. The van der Waals surface area contributed by atoms with Gasteiger partial charge >= 0.3 is 5.97 Å². The number of hydrogen-bond donors (Lipinski definition) is 1. The van der Waals surface area contributed by atoms with Crippen LogP contribution < -0.4 is 0 Å². The summed E-state index contributed by atoms with van der Waals surface area (Å²) in [6.45, 7) is 1.60. The third-order valence-electron chi connectivity index (χ3n) is 1.30. The molecule has 5 heteroatoms. The molecule has 0 unspecified atom stereocenters. The Hall–Kier alpha value is -0.800. The molecule has 0 aromatic carbocycles. The number of nitrogens with zero attached hydrogens (tertiary/aromatic N) is 1. The van der Waals surface area contributed by atoms with E-state index in [1.807, 2.05) is 0 Å². The van der Waals surface area contributed by atoms with Crippen LogP contribution in [0.5, 0.6) is 0 Å². The van der Waals surface area contributed by atoms with Gasteiger partial charge in [-0.15, -0.1) is 0 Å². The third-order valence-corrected chi connectivity index (χ3v) is 2.17. The Morgan fingerprint density at radius 3 is 2.58 bits per heavy atom. The van der Waals surface area contributed by atoms with Crippen molar-refractivity contribution in [2.75, 3.05) is 0 Å². The fourth-order valence-corrected chi connectivity index (χ4v) is 1.06. The molecule has 64 valence electrons. The van der Waals surface area contributed by atoms with Crippen LogP contribution in [0.2, 0.25) is 10.0 Å². The normalized spacial score (nSPS) is 9.92. The molecule has 0 aliphatic rings. The van der Waals surface area contributed by atoms with Crippen LogP contribution in [-0.4, -0.2) is 16.1 Å². The highest BCUT2D eigenvalue weighted by Crippen LogP contribution is 2.24. The largest absolute Gasteiger partial charge is 0.477 e. The van der Waals surface area contributed by atoms with Gasteiger partial charge in [0.05, 0.1) is 15.7 Å². The number of carbonyl (C=O) groups is 1. The second-order valence-electron chi connectivity index (χ2n) is 2.19. The minimum atomic E-state index is -1.11. The molecular weight excluding hydrogens is 201 g/mol. The molecule has 1 rings (SSSR count). The van der Waals surface area contributed by atoms with Gasteiger partial charge in [0.25, 0.3) is 0 Å². The van der Waals surface area contributed by atoms with Crippen molar-refractivity contribution in [3.05, 3.63) is 27.5 Å². The summed E-state index contributed by atoms with van der Waals surface area (Å²) in [7, 11) is 0. The second-order valence-corrected chi connectivity index (χ2v) is 2.98. The zero-order chi connectivity index (χ0) is 9.30. The van der Waals surface area contributed by atoms with Gasteiger partial charge in [-0.3, -0.25) is 0 Å². The Balaban J connectivity index is 3.31. The van der Waals surface area contributed by atoms with Gasteiger partial charge in [0.2, 0.25) is 0 Å². The highest BCUT2D eigenvalue weighted by atomic mass is 35.5. The maximum absolute atomic E-state index is 10.5. The van der Waals surface area contributed by atoms with Crippen LogP contribution in [-0.2, 0) is 0 Å². The average Bonchev–Trinajstić information content (AvgIpc) is 1.99. The summed E-state index contributed by atoms with van der Waals surface area (Å²) < 4.78 is 0. The van der Waals surface area contributed by atoms with E-state index in [-0.39, 0.29) is 10.7 Å². The van der Waals surface area contributed by atoms with Gasteiger partial charge in [0.1, 0.15) is 5.69 Å². The third kappa shape index (κ3) is 1.68. The number of aromatic carboxylic acids is 1. The van der Waals surface area contributed by atoms with Crippen molar-refractivity contribution in [2.24, 2.45) is 0 Å². The zero-order valence-corrected chi connectivity index (χ0v) is 7.65. The molecule has 1 heterocycles. The van der Waals surface area contributed by atoms with Crippen molar-refractivity contribution in [1.29, 1.82) is 0 Å². The van der Waals surface area contributed by atoms with Crippen LogP contribution in [0.4, 0.5) is 0 Å².